The number of rotatable bonds is 7. The summed E-state index contributed by atoms with van der Waals surface area (Å²) in [7, 11) is 0. The van der Waals surface area contributed by atoms with Gasteiger partial charge in [0.25, 0.3) is 0 Å². The van der Waals surface area contributed by atoms with Gasteiger partial charge in [0, 0.05) is 15.2 Å². The zero-order valence-corrected chi connectivity index (χ0v) is 18.8. The summed E-state index contributed by atoms with van der Waals surface area (Å²) in [6.07, 6.45) is 2.32. The molecule has 0 aromatic carbocycles. The topological polar surface area (TPSA) is 9.23 Å². The van der Waals surface area contributed by atoms with Crippen molar-refractivity contribution in [3.8, 4) is 0 Å². The minimum atomic E-state index is -0.0980. The van der Waals surface area contributed by atoms with Crippen molar-refractivity contribution in [2.75, 3.05) is 6.61 Å². The predicted molar refractivity (Wildman–Crippen MR) is 110 cm³/mol. The number of ether oxygens (including phenoxy) is 1. The van der Waals surface area contributed by atoms with Gasteiger partial charge in [0.1, 0.15) is 0 Å². The standard InChI is InChI=1S/C22H40OS/c1-12-20(6,7)17-14-16(18(24-17)21(8,9)13-2)22(10,11)15-23-19(3,4)5/h14H,12-13,15H2,1-11H3. The SMILES string of the molecule is CCC(C)(C)c1cc(C(C)(C)COC(C)(C)C)c(C(C)(C)CC)s1. The molecule has 0 saturated heterocycles. The van der Waals surface area contributed by atoms with E-state index in [9.17, 15) is 0 Å². The smallest absolute Gasteiger partial charge is 0.0598 e. The summed E-state index contributed by atoms with van der Waals surface area (Å²) in [5.74, 6) is 0. The van der Waals surface area contributed by atoms with Gasteiger partial charge >= 0.3 is 0 Å². The van der Waals surface area contributed by atoms with Gasteiger partial charge in [0.2, 0.25) is 0 Å². The highest BCUT2D eigenvalue weighted by Crippen LogP contribution is 2.45. The van der Waals surface area contributed by atoms with Gasteiger partial charge in [-0.1, -0.05) is 55.4 Å². The van der Waals surface area contributed by atoms with Crippen LogP contribution in [0.3, 0.4) is 0 Å². The highest BCUT2D eigenvalue weighted by molar-refractivity contribution is 7.12. The molecule has 0 N–H and O–H groups in total. The molecule has 0 saturated carbocycles. The fourth-order valence-electron chi connectivity index (χ4n) is 2.54. The van der Waals surface area contributed by atoms with E-state index in [1.54, 1.807) is 4.88 Å². The van der Waals surface area contributed by atoms with Crippen molar-refractivity contribution >= 4 is 11.3 Å². The first-order chi connectivity index (χ1) is 10.7. The van der Waals surface area contributed by atoms with Gasteiger partial charge in [-0.05, 0) is 56.1 Å². The van der Waals surface area contributed by atoms with E-state index >= 15 is 0 Å². The van der Waals surface area contributed by atoms with Crippen LogP contribution in [0.4, 0.5) is 0 Å². The third-order valence-electron chi connectivity index (χ3n) is 5.38. The molecule has 0 aliphatic heterocycles. The normalized spacial score (nSPS) is 14.3. The summed E-state index contributed by atoms with van der Waals surface area (Å²) >= 11 is 2.03. The molecule has 140 valence electrons. The summed E-state index contributed by atoms with van der Waals surface area (Å²) < 4.78 is 6.18. The van der Waals surface area contributed by atoms with Crippen molar-refractivity contribution in [3.05, 3.63) is 21.4 Å². The molecule has 2 heteroatoms. The number of thiophene rings is 1. The van der Waals surface area contributed by atoms with Crippen LogP contribution >= 0.6 is 11.3 Å². The van der Waals surface area contributed by atoms with E-state index in [4.69, 9.17) is 4.74 Å². The lowest BCUT2D eigenvalue weighted by Crippen LogP contribution is -2.32. The van der Waals surface area contributed by atoms with Gasteiger partial charge in [0.15, 0.2) is 0 Å². The van der Waals surface area contributed by atoms with E-state index in [1.807, 2.05) is 11.3 Å². The van der Waals surface area contributed by atoms with E-state index in [0.29, 0.717) is 0 Å². The first-order valence-corrected chi connectivity index (χ1v) is 10.3. The van der Waals surface area contributed by atoms with Crippen molar-refractivity contribution < 1.29 is 4.74 Å². The van der Waals surface area contributed by atoms with Crippen LogP contribution in [-0.2, 0) is 21.0 Å². The molecule has 1 aromatic heterocycles. The molecule has 0 unspecified atom stereocenters. The summed E-state index contributed by atoms with van der Waals surface area (Å²) in [6.45, 7) is 25.9. The van der Waals surface area contributed by atoms with Crippen molar-refractivity contribution in [2.24, 2.45) is 0 Å². The summed E-state index contributed by atoms with van der Waals surface area (Å²) in [4.78, 5) is 3.06. The zero-order valence-electron chi connectivity index (χ0n) is 18.0. The van der Waals surface area contributed by atoms with Crippen molar-refractivity contribution in [3.63, 3.8) is 0 Å². The average molecular weight is 353 g/mol. The first kappa shape index (κ1) is 21.7. The van der Waals surface area contributed by atoms with Gasteiger partial charge < -0.3 is 4.74 Å². The number of hydrogen-bond acceptors (Lipinski definition) is 2. The van der Waals surface area contributed by atoms with Gasteiger partial charge in [-0.25, -0.2) is 0 Å². The van der Waals surface area contributed by atoms with Gasteiger partial charge in [-0.15, -0.1) is 11.3 Å². The Labute approximate surface area is 155 Å². The Bertz CT molecular complexity index is 541. The van der Waals surface area contributed by atoms with E-state index in [1.165, 1.54) is 10.4 Å². The van der Waals surface area contributed by atoms with Crippen LogP contribution in [0.25, 0.3) is 0 Å². The minimum Gasteiger partial charge on any atom is -0.375 e. The summed E-state index contributed by atoms with van der Waals surface area (Å²) in [5, 5.41) is 0. The van der Waals surface area contributed by atoms with Gasteiger partial charge in [0.05, 0.1) is 12.2 Å². The Kier molecular flexibility index (Phi) is 6.43. The second-order valence-electron chi connectivity index (χ2n) is 10.1. The first-order valence-electron chi connectivity index (χ1n) is 9.45. The van der Waals surface area contributed by atoms with Crippen LogP contribution in [0.15, 0.2) is 6.07 Å². The summed E-state index contributed by atoms with van der Waals surface area (Å²) in [5.41, 5.74) is 1.86. The van der Waals surface area contributed by atoms with E-state index in [2.05, 4.69) is 82.2 Å². The molecule has 0 aliphatic rings. The highest BCUT2D eigenvalue weighted by atomic mass is 32.1. The molecule has 1 aromatic rings. The Morgan fingerprint density at radius 3 is 1.71 bits per heavy atom. The molecule has 0 bridgehead atoms. The Morgan fingerprint density at radius 2 is 1.29 bits per heavy atom. The van der Waals surface area contributed by atoms with Crippen molar-refractivity contribution in [1.29, 1.82) is 0 Å². The minimum absolute atomic E-state index is 0.0215. The van der Waals surface area contributed by atoms with Crippen LogP contribution in [0, 0.1) is 0 Å². The fraction of sp³-hybridized carbons (Fsp3) is 0.818. The van der Waals surface area contributed by atoms with Crippen molar-refractivity contribution in [2.45, 2.75) is 111 Å². The molecular formula is C22H40OS. The quantitative estimate of drug-likeness (QED) is 0.503. The molecular weight excluding hydrogens is 312 g/mol. The van der Waals surface area contributed by atoms with Crippen LogP contribution in [-0.4, -0.2) is 12.2 Å². The number of hydrogen-bond donors (Lipinski definition) is 0. The maximum atomic E-state index is 6.18. The Hall–Kier alpha value is -0.340. The molecule has 0 spiro atoms. The van der Waals surface area contributed by atoms with E-state index < -0.39 is 0 Å². The molecule has 0 aliphatic carbocycles. The Balaban J connectivity index is 3.39. The molecule has 1 heterocycles. The molecule has 0 amide bonds. The van der Waals surface area contributed by atoms with Crippen LogP contribution in [0.1, 0.15) is 104 Å². The molecule has 1 nitrogen and oxygen atoms in total. The van der Waals surface area contributed by atoms with E-state index in [0.717, 1.165) is 19.4 Å². The Morgan fingerprint density at radius 1 is 0.792 bits per heavy atom. The second kappa shape index (κ2) is 7.11. The van der Waals surface area contributed by atoms with Crippen LogP contribution in [0.2, 0.25) is 0 Å². The molecule has 0 radical (unpaired) electrons. The van der Waals surface area contributed by atoms with Gasteiger partial charge in [-0.2, -0.15) is 0 Å². The third-order valence-corrected chi connectivity index (χ3v) is 7.24. The lowest BCUT2D eigenvalue weighted by molar-refractivity contribution is -0.0251. The maximum Gasteiger partial charge on any atom is 0.0598 e. The van der Waals surface area contributed by atoms with Crippen LogP contribution < -0.4 is 0 Å². The monoisotopic (exact) mass is 352 g/mol. The van der Waals surface area contributed by atoms with Gasteiger partial charge in [-0.3, -0.25) is 0 Å². The maximum absolute atomic E-state index is 6.18. The largest absolute Gasteiger partial charge is 0.375 e. The lowest BCUT2D eigenvalue weighted by Gasteiger charge is -2.33. The van der Waals surface area contributed by atoms with Crippen LogP contribution in [0.5, 0.6) is 0 Å². The third kappa shape index (κ3) is 5.08. The second-order valence-corrected chi connectivity index (χ2v) is 11.2. The van der Waals surface area contributed by atoms with E-state index in [-0.39, 0.29) is 21.8 Å². The average Bonchev–Trinajstić information content (AvgIpc) is 2.92. The zero-order chi connectivity index (χ0) is 19.0. The predicted octanol–water partition coefficient (Wildman–Crippen LogP) is 7.22. The lowest BCUT2D eigenvalue weighted by atomic mass is 9.77. The molecule has 1 rings (SSSR count). The summed E-state index contributed by atoms with van der Waals surface area (Å²) in [6, 6.07) is 2.48. The molecule has 24 heavy (non-hydrogen) atoms. The molecule has 0 fully saturated rings. The van der Waals surface area contributed by atoms with Crippen molar-refractivity contribution in [1.82, 2.24) is 0 Å². The highest BCUT2D eigenvalue weighted by Gasteiger charge is 2.35. The molecule has 0 atom stereocenters. The fourth-order valence-corrected chi connectivity index (χ4v) is 4.22.